The van der Waals surface area contributed by atoms with Gasteiger partial charge in [-0.25, -0.2) is 12.7 Å². The maximum absolute atomic E-state index is 12.4. The number of sulfonamides is 1. The molecule has 102 valence electrons. The highest BCUT2D eigenvalue weighted by Gasteiger charge is 2.22. The summed E-state index contributed by atoms with van der Waals surface area (Å²) in [6.07, 6.45) is 0.848. The van der Waals surface area contributed by atoms with Gasteiger partial charge in [0.15, 0.2) is 0 Å². The third kappa shape index (κ3) is 3.54. The molecule has 2 N–H and O–H groups in total. The van der Waals surface area contributed by atoms with Gasteiger partial charge in [0.1, 0.15) is 0 Å². The minimum absolute atomic E-state index is 0.230. The Bertz CT molecular complexity index is 484. The summed E-state index contributed by atoms with van der Waals surface area (Å²) in [5.74, 6) is 0.479. The quantitative estimate of drug-likeness (QED) is 0.857. The molecule has 1 rings (SSSR count). The molecule has 18 heavy (non-hydrogen) atoms. The second-order valence-electron chi connectivity index (χ2n) is 4.82. The average Bonchev–Trinajstić information content (AvgIpc) is 2.35. The molecule has 0 aliphatic carbocycles. The van der Waals surface area contributed by atoms with Gasteiger partial charge >= 0.3 is 0 Å². The zero-order chi connectivity index (χ0) is 13.8. The summed E-state index contributed by atoms with van der Waals surface area (Å²) < 4.78 is 26.2. The predicted molar refractivity (Wildman–Crippen MR) is 73.6 cm³/mol. The van der Waals surface area contributed by atoms with E-state index in [9.17, 15) is 8.42 Å². The van der Waals surface area contributed by atoms with Crippen molar-refractivity contribution in [2.24, 2.45) is 11.7 Å². The largest absolute Gasteiger partial charge is 0.326 e. The normalized spacial score (nSPS) is 12.3. The molecular weight excluding hydrogens is 248 g/mol. The molecule has 0 bridgehead atoms. The van der Waals surface area contributed by atoms with Crippen molar-refractivity contribution >= 4 is 10.0 Å². The summed E-state index contributed by atoms with van der Waals surface area (Å²) in [5, 5.41) is 0. The molecule has 0 heterocycles. The first kappa shape index (κ1) is 15.1. The molecular formula is C13H22N2O2S. The molecule has 1 aromatic carbocycles. The Balaban J connectivity index is 2.98. The third-order valence-electron chi connectivity index (χ3n) is 2.90. The van der Waals surface area contributed by atoms with Crippen molar-refractivity contribution in [3.05, 3.63) is 29.8 Å². The molecule has 0 saturated heterocycles. The molecule has 5 heteroatoms. The van der Waals surface area contributed by atoms with Gasteiger partial charge in [-0.2, -0.15) is 0 Å². The third-order valence-corrected chi connectivity index (χ3v) is 4.86. The topological polar surface area (TPSA) is 63.4 Å². The van der Waals surface area contributed by atoms with Crippen LogP contribution in [0.4, 0.5) is 0 Å². The van der Waals surface area contributed by atoms with E-state index in [0.717, 1.165) is 6.42 Å². The number of nitrogens with two attached hydrogens (primary N) is 1. The van der Waals surface area contributed by atoms with Crippen LogP contribution in [0.25, 0.3) is 0 Å². The van der Waals surface area contributed by atoms with Gasteiger partial charge in [0.05, 0.1) is 4.90 Å². The molecule has 0 aromatic heterocycles. The van der Waals surface area contributed by atoms with E-state index in [0.29, 0.717) is 22.9 Å². The first-order chi connectivity index (χ1) is 8.39. The van der Waals surface area contributed by atoms with E-state index in [2.05, 4.69) is 13.8 Å². The lowest BCUT2D eigenvalue weighted by atomic mass is 10.1. The van der Waals surface area contributed by atoms with Crippen molar-refractivity contribution in [3.8, 4) is 0 Å². The van der Waals surface area contributed by atoms with Crippen LogP contribution in [0.3, 0.4) is 0 Å². The smallest absolute Gasteiger partial charge is 0.243 e. The van der Waals surface area contributed by atoms with Crippen molar-refractivity contribution in [1.82, 2.24) is 4.31 Å². The standard InChI is InChI=1S/C13H22N2O2S/c1-11(2)8-9-15(3)18(16,17)13-7-5-4-6-12(13)10-14/h4-7,11H,8-10,14H2,1-3H3. The molecule has 4 nitrogen and oxygen atoms in total. The molecule has 0 radical (unpaired) electrons. The molecule has 0 atom stereocenters. The van der Waals surface area contributed by atoms with Crippen molar-refractivity contribution in [2.75, 3.05) is 13.6 Å². The van der Waals surface area contributed by atoms with Crippen molar-refractivity contribution in [3.63, 3.8) is 0 Å². The second kappa shape index (κ2) is 6.31. The van der Waals surface area contributed by atoms with Crippen molar-refractivity contribution in [2.45, 2.75) is 31.7 Å². The maximum Gasteiger partial charge on any atom is 0.243 e. The highest BCUT2D eigenvalue weighted by Crippen LogP contribution is 2.19. The van der Waals surface area contributed by atoms with Crippen LogP contribution in [0.2, 0.25) is 0 Å². The van der Waals surface area contributed by atoms with Gasteiger partial charge in [0.25, 0.3) is 0 Å². The van der Waals surface area contributed by atoms with Gasteiger partial charge in [-0.1, -0.05) is 32.0 Å². The summed E-state index contributed by atoms with van der Waals surface area (Å²) in [4.78, 5) is 0.318. The van der Waals surface area contributed by atoms with E-state index in [1.54, 1.807) is 31.3 Å². The predicted octanol–water partition coefficient (Wildman–Crippen LogP) is 1.81. The van der Waals surface area contributed by atoms with E-state index in [-0.39, 0.29) is 6.54 Å². The van der Waals surface area contributed by atoms with Crippen LogP contribution in [0.1, 0.15) is 25.8 Å². The second-order valence-corrected chi connectivity index (χ2v) is 6.83. The van der Waals surface area contributed by atoms with Crippen molar-refractivity contribution in [1.29, 1.82) is 0 Å². The van der Waals surface area contributed by atoms with Crippen LogP contribution >= 0.6 is 0 Å². The molecule has 0 unspecified atom stereocenters. The average molecular weight is 270 g/mol. The fourth-order valence-electron chi connectivity index (χ4n) is 1.65. The van der Waals surface area contributed by atoms with Crippen LogP contribution in [0.15, 0.2) is 29.2 Å². The Hall–Kier alpha value is -0.910. The molecule has 0 aliphatic rings. The van der Waals surface area contributed by atoms with Crippen LogP contribution in [-0.4, -0.2) is 26.3 Å². The highest BCUT2D eigenvalue weighted by molar-refractivity contribution is 7.89. The minimum Gasteiger partial charge on any atom is -0.326 e. The summed E-state index contributed by atoms with van der Waals surface area (Å²) in [7, 11) is -1.81. The Morgan fingerprint density at radius 3 is 2.44 bits per heavy atom. The fourth-order valence-corrected chi connectivity index (χ4v) is 3.07. The van der Waals surface area contributed by atoms with Gasteiger partial charge in [-0.3, -0.25) is 0 Å². The van der Waals surface area contributed by atoms with Crippen LogP contribution in [-0.2, 0) is 16.6 Å². The Morgan fingerprint density at radius 1 is 1.28 bits per heavy atom. The van der Waals surface area contributed by atoms with E-state index in [1.165, 1.54) is 4.31 Å². The molecule has 1 aromatic rings. The zero-order valence-corrected chi connectivity index (χ0v) is 12.1. The lowest BCUT2D eigenvalue weighted by molar-refractivity contribution is 0.427. The Kier molecular flexibility index (Phi) is 5.31. The SMILES string of the molecule is CC(C)CCN(C)S(=O)(=O)c1ccccc1CN. The number of hydrogen-bond acceptors (Lipinski definition) is 3. The zero-order valence-electron chi connectivity index (χ0n) is 11.3. The molecule has 0 aliphatic heterocycles. The van der Waals surface area contributed by atoms with Gasteiger partial charge in [-0.05, 0) is 24.0 Å². The molecule has 0 fully saturated rings. The summed E-state index contributed by atoms with van der Waals surface area (Å²) in [5.41, 5.74) is 6.25. The van der Waals surface area contributed by atoms with E-state index in [1.807, 2.05) is 0 Å². The number of nitrogens with zero attached hydrogens (tertiary/aromatic N) is 1. The molecule has 0 amide bonds. The summed E-state index contributed by atoms with van der Waals surface area (Å²) >= 11 is 0. The Morgan fingerprint density at radius 2 is 1.89 bits per heavy atom. The van der Waals surface area contributed by atoms with E-state index < -0.39 is 10.0 Å². The lowest BCUT2D eigenvalue weighted by Crippen LogP contribution is -2.29. The number of benzene rings is 1. The number of hydrogen-bond donors (Lipinski definition) is 1. The number of rotatable bonds is 6. The van der Waals surface area contributed by atoms with Gasteiger partial charge < -0.3 is 5.73 Å². The van der Waals surface area contributed by atoms with Crippen LogP contribution in [0.5, 0.6) is 0 Å². The van der Waals surface area contributed by atoms with Gasteiger partial charge in [0.2, 0.25) is 10.0 Å². The highest BCUT2D eigenvalue weighted by atomic mass is 32.2. The van der Waals surface area contributed by atoms with Crippen LogP contribution in [0, 0.1) is 5.92 Å². The fraction of sp³-hybridized carbons (Fsp3) is 0.538. The van der Waals surface area contributed by atoms with Gasteiger partial charge in [0, 0.05) is 20.1 Å². The Labute approximate surface area is 110 Å². The summed E-state index contributed by atoms with van der Waals surface area (Å²) in [6, 6.07) is 6.89. The monoisotopic (exact) mass is 270 g/mol. The molecule has 0 saturated carbocycles. The van der Waals surface area contributed by atoms with Gasteiger partial charge in [-0.15, -0.1) is 0 Å². The minimum atomic E-state index is -3.42. The maximum atomic E-state index is 12.4. The lowest BCUT2D eigenvalue weighted by Gasteiger charge is -2.19. The van der Waals surface area contributed by atoms with Crippen molar-refractivity contribution < 1.29 is 8.42 Å². The summed E-state index contributed by atoms with van der Waals surface area (Å²) in [6.45, 7) is 4.91. The first-order valence-electron chi connectivity index (χ1n) is 6.14. The van der Waals surface area contributed by atoms with E-state index in [4.69, 9.17) is 5.73 Å². The van der Waals surface area contributed by atoms with Crippen LogP contribution < -0.4 is 5.73 Å². The molecule has 0 spiro atoms. The first-order valence-corrected chi connectivity index (χ1v) is 7.58. The van der Waals surface area contributed by atoms with E-state index >= 15 is 0 Å².